The van der Waals surface area contributed by atoms with Crippen LogP contribution in [0.5, 0.6) is 0 Å². The SMILES string of the molecule is O=C(Nc1sccc1C(=O)N1CC(n2cncn2)C1)c1ccc2c(c1)CCC2. The van der Waals surface area contributed by atoms with Gasteiger partial charge in [0.2, 0.25) is 0 Å². The molecule has 1 aliphatic carbocycles. The molecule has 28 heavy (non-hydrogen) atoms. The lowest BCUT2D eigenvalue weighted by molar-refractivity contribution is 0.0502. The summed E-state index contributed by atoms with van der Waals surface area (Å²) in [6.07, 6.45) is 6.43. The molecule has 0 unspecified atom stereocenters. The second-order valence-electron chi connectivity index (χ2n) is 7.19. The number of anilines is 1. The van der Waals surface area contributed by atoms with Crippen LogP contribution in [0.3, 0.4) is 0 Å². The summed E-state index contributed by atoms with van der Waals surface area (Å²) in [4.78, 5) is 31.2. The molecular weight excluding hydrogens is 374 g/mol. The molecule has 0 atom stereocenters. The molecule has 8 heteroatoms. The topological polar surface area (TPSA) is 80.1 Å². The van der Waals surface area contributed by atoms with Gasteiger partial charge in [-0.3, -0.25) is 9.59 Å². The summed E-state index contributed by atoms with van der Waals surface area (Å²) in [5, 5.41) is 9.48. The van der Waals surface area contributed by atoms with Crippen LogP contribution >= 0.6 is 11.3 Å². The van der Waals surface area contributed by atoms with Crippen molar-refractivity contribution in [2.45, 2.75) is 25.3 Å². The lowest BCUT2D eigenvalue weighted by Crippen LogP contribution is -2.50. The molecule has 1 aliphatic heterocycles. The maximum Gasteiger partial charge on any atom is 0.257 e. The molecule has 1 N–H and O–H groups in total. The van der Waals surface area contributed by atoms with E-state index in [0.29, 0.717) is 29.2 Å². The third kappa shape index (κ3) is 2.99. The molecule has 0 bridgehead atoms. The predicted octanol–water partition coefficient (Wildman–Crippen LogP) is 2.78. The highest BCUT2D eigenvalue weighted by Gasteiger charge is 2.34. The zero-order valence-electron chi connectivity index (χ0n) is 15.2. The number of benzene rings is 1. The van der Waals surface area contributed by atoms with Crippen molar-refractivity contribution < 1.29 is 9.59 Å². The molecule has 1 fully saturated rings. The van der Waals surface area contributed by atoms with Crippen molar-refractivity contribution in [2.75, 3.05) is 18.4 Å². The number of fused-ring (bicyclic) bond motifs is 1. The largest absolute Gasteiger partial charge is 0.334 e. The molecule has 1 aromatic carbocycles. The van der Waals surface area contributed by atoms with Gasteiger partial charge in [0, 0.05) is 18.7 Å². The number of carbonyl (C=O) groups excluding carboxylic acids is 2. The van der Waals surface area contributed by atoms with Gasteiger partial charge in [-0.15, -0.1) is 11.3 Å². The van der Waals surface area contributed by atoms with Crippen LogP contribution in [-0.2, 0) is 12.8 Å². The van der Waals surface area contributed by atoms with Crippen LogP contribution < -0.4 is 5.32 Å². The average molecular weight is 393 g/mol. The summed E-state index contributed by atoms with van der Waals surface area (Å²) in [6, 6.07) is 7.82. The van der Waals surface area contributed by atoms with Crippen molar-refractivity contribution in [2.24, 2.45) is 0 Å². The zero-order chi connectivity index (χ0) is 19.1. The second-order valence-corrected chi connectivity index (χ2v) is 8.11. The Morgan fingerprint density at radius 3 is 2.82 bits per heavy atom. The number of nitrogens with zero attached hydrogens (tertiary/aromatic N) is 4. The summed E-state index contributed by atoms with van der Waals surface area (Å²) in [5.74, 6) is -0.239. The summed E-state index contributed by atoms with van der Waals surface area (Å²) < 4.78 is 1.77. The zero-order valence-corrected chi connectivity index (χ0v) is 16.0. The van der Waals surface area contributed by atoms with Crippen molar-refractivity contribution in [1.29, 1.82) is 0 Å². The van der Waals surface area contributed by atoms with Gasteiger partial charge in [-0.1, -0.05) is 6.07 Å². The first-order valence-electron chi connectivity index (χ1n) is 9.33. The van der Waals surface area contributed by atoms with Crippen LogP contribution in [0.25, 0.3) is 0 Å². The molecule has 0 radical (unpaired) electrons. The predicted molar refractivity (Wildman–Crippen MR) is 106 cm³/mol. The first-order valence-corrected chi connectivity index (χ1v) is 10.2. The molecule has 5 rings (SSSR count). The standard InChI is InChI=1S/C20H19N5O2S/c26-18(15-5-4-13-2-1-3-14(13)8-15)23-19-17(6-7-28-19)20(27)24-9-16(10-24)25-12-21-11-22-25/h4-8,11-12,16H,1-3,9-10H2,(H,23,26). The number of carbonyl (C=O) groups is 2. The normalized spacial score (nSPS) is 15.9. The van der Waals surface area contributed by atoms with Crippen LogP contribution in [0.1, 0.15) is 44.3 Å². The Kier molecular flexibility index (Phi) is 4.20. The number of likely N-dealkylation sites (tertiary alicyclic amines) is 1. The maximum atomic E-state index is 12.8. The van der Waals surface area contributed by atoms with Gasteiger partial charge in [0.05, 0.1) is 11.6 Å². The van der Waals surface area contributed by atoms with E-state index in [4.69, 9.17) is 0 Å². The first kappa shape index (κ1) is 17.1. The van der Waals surface area contributed by atoms with E-state index in [1.165, 1.54) is 28.8 Å². The minimum Gasteiger partial charge on any atom is -0.334 e. The lowest BCUT2D eigenvalue weighted by atomic mass is 10.1. The number of hydrogen-bond acceptors (Lipinski definition) is 5. The number of aromatic nitrogens is 3. The molecule has 0 saturated carbocycles. The molecule has 3 aromatic rings. The Balaban J connectivity index is 1.27. The van der Waals surface area contributed by atoms with E-state index < -0.39 is 0 Å². The molecule has 3 heterocycles. The van der Waals surface area contributed by atoms with Crippen molar-refractivity contribution >= 4 is 28.2 Å². The fraction of sp³-hybridized carbons (Fsp3) is 0.300. The Labute approximate surface area is 166 Å². The minimum absolute atomic E-state index is 0.0677. The molecular formula is C20H19N5O2S. The van der Waals surface area contributed by atoms with Crippen LogP contribution in [0, 0.1) is 0 Å². The Hall–Kier alpha value is -3.00. The van der Waals surface area contributed by atoms with Gasteiger partial charge in [-0.25, -0.2) is 9.67 Å². The van der Waals surface area contributed by atoms with E-state index in [2.05, 4.69) is 15.4 Å². The van der Waals surface area contributed by atoms with Crippen molar-refractivity contribution in [3.05, 3.63) is 64.6 Å². The number of rotatable bonds is 4. The number of amides is 2. The molecule has 142 valence electrons. The number of hydrogen-bond donors (Lipinski definition) is 1. The highest BCUT2D eigenvalue weighted by atomic mass is 32.1. The smallest absolute Gasteiger partial charge is 0.257 e. The number of nitrogens with one attached hydrogen (secondary N) is 1. The lowest BCUT2D eigenvalue weighted by Gasteiger charge is -2.38. The van der Waals surface area contributed by atoms with Crippen molar-refractivity contribution in [3.8, 4) is 0 Å². The fourth-order valence-electron chi connectivity index (χ4n) is 3.83. The Bertz CT molecular complexity index is 1040. The van der Waals surface area contributed by atoms with Crippen molar-refractivity contribution in [1.82, 2.24) is 19.7 Å². The quantitative estimate of drug-likeness (QED) is 0.739. The Morgan fingerprint density at radius 1 is 1.14 bits per heavy atom. The van der Waals surface area contributed by atoms with Gasteiger partial charge in [-0.05, 0) is 54.0 Å². The molecule has 0 spiro atoms. The molecule has 2 aliphatic rings. The third-order valence-corrected chi connectivity index (χ3v) is 6.27. The van der Waals surface area contributed by atoms with Crippen LogP contribution in [0.4, 0.5) is 5.00 Å². The highest BCUT2D eigenvalue weighted by Crippen LogP contribution is 2.30. The summed E-state index contributed by atoms with van der Waals surface area (Å²) >= 11 is 1.37. The van der Waals surface area contributed by atoms with Gasteiger partial charge in [0.15, 0.2) is 0 Å². The molecule has 1 saturated heterocycles. The number of aryl methyl sites for hydroxylation is 2. The van der Waals surface area contributed by atoms with Gasteiger partial charge >= 0.3 is 0 Å². The van der Waals surface area contributed by atoms with E-state index in [1.807, 2.05) is 23.6 Å². The average Bonchev–Trinajstić information content (AvgIpc) is 3.41. The molecule has 7 nitrogen and oxygen atoms in total. The van der Waals surface area contributed by atoms with Crippen molar-refractivity contribution in [3.63, 3.8) is 0 Å². The van der Waals surface area contributed by atoms with Gasteiger partial charge in [0.1, 0.15) is 17.7 Å². The summed E-state index contributed by atoms with van der Waals surface area (Å²) in [6.45, 7) is 1.19. The third-order valence-electron chi connectivity index (χ3n) is 5.44. The monoisotopic (exact) mass is 393 g/mol. The van der Waals surface area contributed by atoms with E-state index in [0.717, 1.165) is 19.3 Å². The van der Waals surface area contributed by atoms with Gasteiger partial charge in [-0.2, -0.15) is 5.10 Å². The fourth-order valence-corrected chi connectivity index (χ4v) is 4.60. The summed E-state index contributed by atoms with van der Waals surface area (Å²) in [7, 11) is 0. The van der Waals surface area contributed by atoms with Crippen LogP contribution in [0.2, 0.25) is 0 Å². The molecule has 2 amide bonds. The van der Waals surface area contributed by atoms with E-state index in [1.54, 1.807) is 22.0 Å². The van der Waals surface area contributed by atoms with Gasteiger partial charge < -0.3 is 10.2 Å². The first-order chi connectivity index (χ1) is 13.7. The Morgan fingerprint density at radius 2 is 2.00 bits per heavy atom. The van der Waals surface area contributed by atoms with E-state index in [9.17, 15) is 9.59 Å². The van der Waals surface area contributed by atoms with E-state index in [-0.39, 0.29) is 17.9 Å². The van der Waals surface area contributed by atoms with Gasteiger partial charge in [0.25, 0.3) is 11.8 Å². The molecule has 2 aromatic heterocycles. The van der Waals surface area contributed by atoms with E-state index >= 15 is 0 Å². The van der Waals surface area contributed by atoms with Crippen LogP contribution in [0.15, 0.2) is 42.3 Å². The summed E-state index contributed by atoms with van der Waals surface area (Å²) in [5.41, 5.74) is 3.78. The highest BCUT2D eigenvalue weighted by molar-refractivity contribution is 7.14. The number of thiophene rings is 1. The second kappa shape index (κ2) is 6.87. The minimum atomic E-state index is -0.171. The van der Waals surface area contributed by atoms with Crippen LogP contribution in [-0.4, -0.2) is 44.6 Å². The maximum absolute atomic E-state index is 12.8.